The molecule has 0 aromatic heterocycles. The highest BCUT2D eigenvalue weighted by Gasteiger charge is 2.22. The lowest BCUT2D eigenvalue weighted by Crippen LogP contribution is -2.29. The first kappa shape index (κ1) is 18.8. The third-order valence-corrected chi connectivity index (χ3v) is 3.81. The molecule has 2 atom stereocenters. The fraction of sp³-hybridized carbons (Fsp3) is 0.722. The molecule has 4 nitrogen and oxygen atoms in total. The standard InChI is InChI=1S/C18H30O4/c1-2-3-4-5-6-7-8-9-10-13-16(18(19)20)22-17-14-11-12-15-21-17/h11-12,14-17H,2-10,13H2,1H3,(H,19,20). The first-order chi connectivity index (χ1) is 10.7. The summed E-state index contributed by atoms with van der Waals surface area (Å²) in [6, 6.07) is 0. The molecule has 0 aliphatic carbocycles. The molecule has 1 heterocycles. The van der Waals surface area contributed by atoms with E-state index in [9.17, 15) is 9.90 Å². The number of carboxylic acid groups (broad SMARTS) is 1. The van der Waals surface area contributed by atoms with Gasteiger partial charge in [-0.3, -0.25) is 0 Å². The summed E-state index contributed by atoms with van der Waals surface area (Å²) in [6.07, 6.45) is 16.9. The Morgan fingerprint density at radius 2 is 1.73 bits per heavy atom. The zero-order valence-corrected chi connectivity index (χ0v) is 13.7. The van der Waals surface area contributed by atoms with E-state index in [0.29, 0.717) is 6.42 Å². The molecule has 126 valence electrons. The van der Waals surface area contributed by atoms with Crippen molar-refractivity contribution < 1.29 is 19.4 Å². The summed E-state index contributed by atoms with van der Waals surface area (Å²) in [7, 11) is 0. The van der Waals surface area contributed by atoms with E-state index in [1.165, 1.54) is 51.2 Å². The second kappa shape index (κ2) is 12.3. The minimum atomic E-state index is -0.911. The molecule has 1 aliphatic heterocycles. The maximum Gasteiger partial charge on any atom is 0.332 e. The lowest BCUT2D eigenvalue weighted by molar-refractivity contribution is -0.168. The Morgan fingerprint density at radius 1 is 1.09 bits per heavy atom. The van der Waals surface area contributed by atoms with Crippen molar-refractivity contribution in [1.82, 2.24) is 0 Å². The summed E-state index contributed by atoms with van der Waals surface area (Å²) >= 11 is 0. The number of carboxylic acids is 1. The van der Waals surface area contributed by atoms with Gasteiger partial charge in [-0.2, -0.15) is 0 Å². The molecule has 0 saturated carbocycles. The molecule has 0 bridgehead atoms. The first-order valence-electron chi connectivity index (χ1n) is 8.61. The van der Waals surface area contributed by atoms with E-state index in [2.05, 4.69) is 6.92 Å². The average Bonchev–Trinajstić information content (AvgIpc) is 2.53. The van der Waals surface area contributed by atoms with Gasteiger partial charge < -0.3 is 14.6 Å². The SMILES string of the molecule is CCCCCCCCCCCC(OC1C=CC=CO1)C(=O)O. The maximum absolute atomic E-state index is 11.2. The highest BCUT2D eigenvalue weighted by Crippen LogP contribution is 2.15. The molecule has 4 heteroatoms. The van der Waals surface area contributed by atoms with Crippen LogP contribution >= 0.6 is 0 Å². The summed E-state index contributed by atoms with van der Waals surface area (Å²) in [5.41, 5.74) is 0. The van der Waals surface area contributed by atoms with Gasteiger partial charge in [0.2, 0.25) is 6.29 Å². The van der Waals surface area contributed by atoms with Crippen molar-refractivity contribution in [2.24, 2.45) is 0 Å². The predicted molar refractivity (Wildman–Crippen MR) is 87.5 cm³/mol. The molecule has 22 heavy (non-hydrogen) atoms. The number of rotatable bonds is 13. The number of ether oxygens (including phenoxy) is 2. The second-order valence-electron chi connectivity index (χ2n) is 5.80. The van der Waals surface area contributed by atoms with Gasteiger partial charge >= 0.3 is 5.97 Å². The normalized spacial score (nSPS) is 18.1. The van der Waals surface area contributed by atoms with Crippen LogP contribution in [0.2, 0.25) is 0 Å². The van der Waals surface area contributed by atoms with Crippen molar-refractivity contribution in [3.63, 3.8) is 0 Å². The monoisotopic (exact) mass is 310 g/mol. The summed E-state index contributed by atoms with van der Waals surface area (Å²) in [4.78, 5) is 11.2. The fourth-order valence-corrected chi connectivity index (χ4v) is 2.50. The molecular formula is C18H30O4. The highest BCUT2D eigenvalue weighted by molar-refractivity contribution is 5.72. The Bertz CT molecular complexity index is 349. The van der Waals surface area contributed by atoms with Crippen LogP contribution in [0.15, 0.2) is 24.5 Å². The zero-order valence-electron chi connectivity index (χ0n) is 13.7. The third-order valence-electron chi connectivity index (χ3n) is 3.81. The van der Waals surface area contributed by atoms with E-state index in [0.717, 1.165) is 12.8 Å². The summed E-state index contributed by atoms with van der Waals surface area (Å²) in [6.45, 7) is 2.23. The molecule has 2 unspecified atom stereocenters. The largest absolute Gasteiger partial charge is 0.479 e. The molecule has 0 fully saturated rings. The van der Waals surface area contributed by atoms with E-state index in [1.54, 1.807) is 18.2 Å². The molecule has 0 radical (unpaired) electrons. The van der Waals surface area contributed by atoms with Crippen LogP contribution < -0.4 is 0 Å². The topological polar surface area (TPSA) is 55.8 Å². The number of hydrogen-bond donors (Lipinski definition) is 1. The fourth-order valence-electron chi connectivity index (χ4n) is 2.50. The summed E-state index contributed by atoms with van der Waals surface area (Å²) in [5, 5.41) is 9.20. The van der Waals surface area contributed by atoms with Crippen LogP contribution in [0.5, 0.6) is 0 Å². The van der Waals surface area contributed by atoms with Crippen molar-refractivity contribution in [1.29, 1.82) is 0 Å². The van der Waals surface area contributed by atoms with Gasteiger partial charge in [-0.15, -0.1) is 0 Å². The summed E-state index contributed by atoms with van der Waals surface area (Å²) in [5.74, 6) is -0.911. The van der Waals surface area contributed by atoms with Crippen LogP contribution in [0, 0.1) is 0 Å². The first-order valence-corrected chi connectivity index (χ1v) is 8.61. The number of allylic oxidation sites excluding steroid dienone is 2. The zero-order chi connectivity index (χ0) is 16.0. The molecule has 1 aliphatic rings. The molecule has 0 saturated heterocycles. The molecule has 0 amide bonds. The minimum absolute atomic E-state index is 0.544. The maximum atomic E-state index is 11.2. The molecule has 1 rings (SSSR count). The summed E-state index contributed by atoms with van der Waals surface area (Å²) < 4.78 is 10.7. The van der Waals surface area contributed by atoms with E-state index < -0.39 is 18.4 Å². The molecule has 1 N–H and O–H groups in total. The van der Waals surface area contributed by atoms with Crippen LogP contribution in [0.1, 0.15) is 71.1 Å². The smallest absolute Gasteiger partial charge is 0.332 e. The molecule has 0 aromatic rings. The second-order valence-corrected chi connectivity index (χ2v) is 5.80. The minimum Gasteiger partial charge on any atom is -0.479 e. The van der Waals surface area contributed by atoms with Crippen molar-refractivity contribution in [3.05, 3.63) is 24.5 Å². The van der Waals surface area contributed by atoms with Crippen LogP contribution in [-0.2, 0) is 14.3 Å². The van der Waals surface area contributed by atoms with E-state index in [1.807, 2.05) is 0 Å². The third kappa shape index (κ3) is 8.88. The highest BCUT2D eigenvalue weighted by atomic mass is 16.7. The Hall–Kier alpha value is -1.29. The van der Waals surface area contributed by atoms with Crippen molar-refractivity contribution in [2.45, 2.75) is 83.5 Å². The molecular weight excluding hydrogens is 280 g/mol. The van der Waals surface area contributed by atoms with Gasteiger partial charge in [-0.05, 0) is 18.6 Å². The van der Waals surface area contributed by atoms with Crippen LogP contribution in [-0.4, -0.2) is 23.5 Å². The molecule has 0 aromatic carbocycles. The Balaban J connectivity index is 2.05. The Kier molecular flexibility index (Phi) is 10.5. The lowest BCUT2D eigenvalue weighted by Gasteiger charge is -2.20. The van der Waals surface area contributed by atoms with Crippen LogP contribution in [0.4, 0.5) is 0 Å². The predicted octanol–water partition coefficient (Wildman–Crippen LogP) is 4.80. The van der Waals surface area contributed by atoms with E-state index in [-0.39, 0.29) is 0 Å². The van der Waals surface area contributed by atoms with Gasteiger partial charge in [0.1, 0.15) is 0 Å². The van der Waals surface area contributed by atoms with Crippen molar-refractivity contribution in [3.8, 4) is 0 Å². The quantitative estimate of drug-likeness (QED) is 0.496. The molecule has 0 spiro atoms. The van der Waals surface area contributed by atoms with E-state index >= 15 is 0 Å². The Labute approximate surface area is 134 Å². The van der Waals surface area contributed by atoms with Crippen molar-refractivity contribution >= 4 is 5.97 Å². The Morgan fingerprint density at radius 3 is 2.27 bits per heavy atom. The van der Waals surface area contributed by atoms with Gasteiger partial charge in [0.05, 0.1) is 6.26 Å². The van der Waals surface area contributed by atoms with Crippen molar-refractivity contribution in [2.75, 3.05) is 0 Å². The van der Waals surface area contributed by atoms with E-state index in [4.69, 9.17) is 9.47 Å². The van der Waals surface area contributed by atoms with Gasteiger partial charge in [-0.25, -0.2) is 4.79 Å². The van der Waals surface area contributed by atoms with Gasteiger partial charge in [-0.1, -0.05) is 70.8 Å². The number of aliphatic carboxylic acids is 1. The lowest BCUT2D eigenvalue weighted by atomic mass is 10.1. The average molecular weight is 310 g/mol. The van der Waals surface area contributed by atoms with Crippen LogP contribution in [0.25, 0.3) is 0 Å². The van der Waals surface area contributed by atoms with Gasteiger partial charge in [0.25, 0.3) is 0 Å². The number of hydrogen-bond acceptors (Lipinski definition) is 3. The van der Waals surface area contributed by atoms with Gasteiger partial charge in [0, 0.05) is 0 Å². The van der Waals surface area contributed by atoms with Gasteiger partial charge in [0.15, 0.2) is 6.10 Å². The number of carbonyl (C=O) groups is 1. The van der Waals surface area contributed by atoms with Crippen LogP contribution in [0.3, 0.4) is 0 Å². The number of unbranched alkanes of at least 4 members (excludes halogenated alkanes) is 8.